The number of aliphatic hydroxyl groups excluding tert-OH is 1. The summed E-state index contributed by atoms with van der Waals surface area (Å²) >= 11 is 0. The highest BCUT2D eigenvalue weighted by Gasteiger charge is 2.22. The molecule has 4 heteroatoms. The number of benzene rings is 1. The van der Waals surface area contributed by atoms with Crippen LogP contribution in [-0.4, -0.2) is 39.7 Å². The van der Waals surface area contributed by atoms with Crippen LogP contribution < -0.4 is 0 Å². The third kappa shape index (κ3) is 4.05. The molecular weight excluding hydrogens is 298 g/mol. The third-order valence-electron chi connectivity index (χ3n) is 5.04. The van der Waals surface area contributed by atoms with Crippen molar-refractivity contribution in [2.24, 2.45) is 5.92 Å². The molecular formula is C20H29N3O. The van der Waals surface area contributed by atoms with Gasteiger partial charge in [-0.25, -0.2) is 4.98 Å². The lowest BCUT2D eigenvalue weighted by Gasteiger charge is -2.29. The van der Waals surface area contributed by atoms with Gasteiger partial charge in [0.15, 0.2) is 0 Å². The highest BCUT2D eigenvalue weighted by molar-refractivity contribution is 5.24. The van der Waals surface area contributed by atoms with E-state index in [0.717, 1.165) is 37.2 Å². The SMILES string of the molecule is CCc1ccc(C(O)CN(C)CC2CCc3nc(C)cn3C2)cc1. The molecule has 0 aliphatic carbocycles. The van der Waals surface area contributed by atoms with Crippen LogP contribution in [0.5, 0.6) is 0 Å². The smallest absolute Gasteiger partial charge is 0.108 e. The molecule has 0 saturated heterocycles. The van der Waals surface area contributed by atoms with Gasteiger partial charge in [-0.2, -0.15) is 0 Å². The number of rotatable bonds is 6. The van der Waals surface area contributed by atoms with Gasteiger partial charge >= 0.3 is 0 Å². The van der Waals surface area contributed by atoms with Gasteiger partial charge in [-0.05, 0) is 43.9 Å². The molecule has 0 fully saturated rings. The van der Waals surface area contributed by atoms with Crippen LogP contribution >= 0.6 is 0 Å². The Balaban J connectivity index is 1.52. The van der Waals surface area contributed by atoms with E-state index in [1.807, 2.05) is 0 Å². The molecule has 0 radical (unpaired) electrons. The number of fused-ring (bicyclic) bond motifs is 1. The molecule has 24 heavy (non-hydrogen) atoms. The largest absolute Gasteiger partial charge is 0.387 e. The molecule has 1 N–H and O–H groups in total. The number of aromatic nitrogens is 2. The zero-order chi connectivity index (χ0) is 17.1. The molecule has 4 nitrogen and oxygen atoms in total. The minimum absolute atomic E-state index is 0.421. The Morgan fingerprint density at radius 1 is 1.33 bits per heavy atom. The lowest BCUT2D eigenvalue weighted by Crippen LogP contribution is -2.33. The zero-order valence-electron chi connectivity index (χ0n) is 15.1. The van der Waals surface area contributed by atoms with E-state index in [-0.39, 0.29) is 0 Å². The Bertz CT molecular complexity index is 662. The van der Waals surface area contributed by atoms with Crippen LogP contribution in [0.15, 0.2) is 30.5 Å². The van der Waals surface area contributed by atoms with E-state index in [1.54, 1.807) is 0 Å². The lowest BCUT2D eigenvalue weighted by atomic mass is 9.98. The van der Waals surface area contributed by atoms with Crippen molar-refractivity contribution < 1.29 is 5.11 Å². The molecule has 1 aliphatic heterocycles. The summed E-state index contributed by atoms with van der Waals surface area (Å²) in [5, 5.41) is 10.5. The van der Waals surface area contributed by atoms with Gasteiger partial charge in [0.2, 0.25) is 0 Å². The van der Waals surface area contributed by atoms with Crippen molar-refractivity contribution in [2.75, 3.05) is 20.1 Å². The van der Waals surface area contributed by atoms with Gasteiger partial charge in [-0.1, -0.05) is 31.2 Å². The Morgan fingerprint density at radius 3 is 2.79 bits per heavy atom. The van der Waals surface area contributed by atoms with Gasteiger partial charge in [-0.3, -0.25) is 0 Å². The molecule has 1 aromatic heterocycles. The minimum Gasteiger partial charge on any atom is -0.387 e. The molecule has 0 bridgehead atoms. The molecule has 0 spiro atoms. The maximum atomic E-state index is 10.5. The Kier molecular flexibility index (Phi) is 5.36. The first-order chi connectivity index (χ1) is 11.5. The average molecular weight is 327 g/mol. The summed E-state index contributed by atoms with van der Waals surface area (Å²) in [6.07, 6.45) is 5.02. The predicted molar refractivity (Wildman–Crippen MR) is 97.1 cm³/mol. The van der Waals surface area contributed by atoms with Crippen LogP contribution in [0.1, 0.15) is 42.1 Å². The monoisotopic (exact) mass is 327 g/mol. The number of likely N-dealkylation sites (N-methyl/N-ethyl adjacent to an activating group) is 1. The van der Waals surface area contributed by atoms with Crippen molar-refractivity contribution in [1.82, 2.24) is 14.5 Å². The fourth-order valence-corrected chi connectivity index (χ4v) is 3.70. The van der Waals surface area contributed by atoms with Crippen molar-refractivity contribution in [3.63, 3.8) is 0 Å². The molecule has 0 saturated carbocycles. The highest BCUT2D eigenvalue weighted by Crippen LogP contribution is 2.22. The van der Waals surface area contributed by atoms with Gasteiger partial charge in [0.1, 0.15) is 5.82 Å². The third-order valence-corrected chi connectivity index (χ3v) is 5.04. The number of hydrogen-bond donors (Lipinski definition) is 1. The number of nitrogens with zero attached hydrogens (tertiary/aromatic N) is 3. The van der Waals surface area contributed by atoms with E-state index in [0.29, 0.717) is 12.5 Å². The van der Waals surface area contributed by atoms with Crippen molar-refractivity contribution in [2.45, 2.75) is 45.8 Å². The maximum absolute atomic E-state index is 10.5. The highest BCUT2D eigenvalue weighted by atomic mass is 16.3. The summed E-state index contributed by atoms with van der Waals surface area (Å²) in [4.78, 5) is 6.84. The van der Waals surface area contributed by atoms with E-state index in [4.69, 9.17) is 0 Å². The summed E-state index contributed by atoms with van der Waals surface area (Å²) in [5.74, 6) is 1.85. The first kappa shape index (κ1) is 17.2. The fraction of sp³-hybridized carbons (Fsp3) is 0.550. The second-order valence-corrected chi connectivity index (χ2v) is 7.19. The van der Waals surface area contributed by atoms with E-state index in [1.165, 1.54) is 17.8 Å². The Labute approximate surface area is 145 Å². The zero-order valence-corrected chi connectivity index (χ0v) is 15.1. The molecule has 2 aromatic rings. The molecule has 1 aromatic carbocycles. The normalized spacial score (nSPS) is 18.6. The van der Waals surface area contributed by atoms with Crippen LogP contribution in [0.2, 0.25) is 0 Å². The van der Waals surface area contributed by atoms with Gasteiger partial charge in [-0.15, -0.1) is 0 Å². The molecule has 2 heterocycles. The van der Waals surface area contributed by atoms with E-state index in [9.17, 15) is 5.11 Å². The van der Waals surface area contributed by atoms with Crippen LogP contribution in [0, 0.1) is 12.8 Å². The number of hydrogen-bond acceptors (Lipinski definition) is 3. The van der Waals surface area contributed by atoms with Gasteiger partial charge < -0.3 is 14.6 Å². The quantitative estimate of drug-likeness (QED) is 0.887. The van der Waals surface area contributed by atoms with Crippen LogP contribution in [0.25, 0.3) is 0 Å². The van der Waals surface area contributed by atoms with Crippen molar-refractivity contribution >= 4 is 0 Å². The molecule has 2 unspecified atom stereocenters. The first-order valence-corrected chi connectivity index (χ1v) is 9.03. The lowest BCUT2D eigenvalue weighted by molar-refractivity contribution is 0.113. The summed E-state index contributed by atoms with van der Waals surface area (Å²) in [7, 11) is 2.11. The van der Waals surface area contributed by atoms with Crippen molar-refractivity contribution in [3.05, 3.63) is 53.1 Å². The van der Waals surface area contributed by atoms with E-state index in [2.05, 4.69) is 65.8 Å². The van der Waals surface area contributed by atoms with Crippen LogP contribution in [0.3, 0.4) is 0 Å². The minimum atomic E-state index is -0.421. The average Bonchev–Trinajstić information content (AvgIpc) is 2.94. The maximum Gasteiger partial charge on any atom is 0.108 e. The fourth-order valence-electron chi connectivity index (χ4n) is 3.70. The second-order valence-electron chi connectivity index (χ2n) is 7.19. The topological polar surface area (TPSA) is 41.3 Å². The molecule has 0 amide bonds. The standard InChI is InChI=1S/C20H29N3O/c1-4-16-5-8-18(9-6-16)19(24)14-22(3)12-17-7-10-20-21-15(2)11-23(20)13-17/h5-6,8-9,11,17,19,24H,4,7,10,12-14H2,1-3H3. The van der Waals surface area contributed by atoms with Crippen LogP contribution in [0.4, 0.5) is 0 Å². The summed E-state index contributed by atoms with van der Waals surface area (Å²) in [5.41, 5.74) is 3.44. The van der Waals surface area contributed by atoms with Gasteiger partial charge in [0.25, 0.3) is 0 Å². The Morgan fingerprint density at radius 2 is 2.08 bits per heavy atom. The second kappa shape index (κ2) is 7.49. The van der Waals surface area contributed by atoms with E-state index >= 15 is 0 Å². The predicted octanol–water partition coefficient (Wildman–Crippen LogP) is 2.98. The number of aliphatic hydroxyl groups is 1. The molecule has 130 valence electrons. The summed E-state index contributed by atoms with van der Waals surface area (Å²) < 4.78 is 2.30. The van der Waals surface area contributed by atoms with Crippen LogP contribution in [-0.2, 0) is 19.4 Å². The first-order valence-electron chi connectivity index (χ1n) is 9.03. The summed E-state index contributed by atoms with van der Waals surface area (Å²) in [6, 6.07) is 8.34. The molecule has 3 rings (SSSR count). The van der Waals surface area contributed by atoms with Crippen molar-refractivity contribution in [1.29, 1.82) is 0 Å². The van der Waals surface area contributed by atoms with Gasteiger partial charge in [0, 0.05) is 32.3 Å². The van der Waals surface area contributed by atoms with Gasteiger partial charge in [0.05, 0.1) is 11.8 Å². The summed E-state index contributed by atoms with van der Waals surface area (Å²) in [6.45, 7) is 6.95. The van der Waals surface area contributed by atoms with Crippen molar-refractivity contribution in [3.8, 4) is 0 Å². The molecule has 1 aliphatic rings. The Hall–Kier alpha value is -1.65. The van der Waals surface area contributed by atoms with E-state index < -0.39 is 6.10 Å². The number of imidazole rings is 1. The number of aryl methyl sites for hydroxylation is 3. The molecule has 2 atom stereocenters.